The fourth-order valence-electron chi connectivity index (χ4n) is 5.36. The van der Waals surface area contributed by atoms with Crippen LogP contribution in [0.5, 0.6) is 0 Å². The zero-order valence-corrected chi connectivity index (χ0v) is 20.9. The maximum absolute atomic E-state index is 13.5. The highest BCUT2D eigenvalue weighted by Gasteiger charge is 2.34. The molecule has 2 aliphatic heterocycles. The van der Waals surface area contributed by atoms with Crippen LogP contribution < -0.4 is 9.80 Å². The molecule has 0 unspecified atom stereocenters. The standard InChI is InChI=1S/C27H30ClN3O2S/c28-21-8-6-7-20(17-21)18-25-27(33)31(23-11-4-5-12-24(23)34-25)19-26(32)30-15-13-29(14-16-30)22-9-2-1-3-10-22/h4-8,11-12,17-18,22H,1-3,9-10,13-16,19H2/p+1. The summed E-state index contributed by atoms with van der Waals surface area (Å²) in [5, 5.41) is 0.629. The number of para-hydroxylation sites is 1. The van der Waals surface area contributed by atoms with E-state index in [-0.39, 0.29) is 18.4 Å². The number of amides is 2. The Bertz CT molecular complexity index is 1090. The topological polar surface area (TPSA) is 45.1 Å². The quantitative estimate of drug-likeness (QED) is 0.653. The van der Waals surface area contributed by atoms with Gasteiger partial charge >= 0.3 is 0 Å². The zero-order chi connectivity index (χ0) is 23.5. The highest BCUT2D eigenvalue weighted by Crippen LogP contribution is 2.42. The highest BCUT2D eigenvalue weighted by atomic mass is 35.5. The lowest BCUT2D eigenvalue weighted by molar-refractivity contribution is -0.930. The van der Waals surface area contributed by atoms with Crippen LogP contribution in [-0.4, -0.2) is 55.5 Å². The van der Waals surface area contributed by atoms with Gasteiger partial charge in [0, 0.05) is 9.92 Å². The molecule has 5 nitrogen and oxygen atoms in total. The molecular weight excluding hydrogens is 466 g/mol. The van der Waals surface area contributed by atoms with Crippen LogP contribution in [0.25, 0.3) is 6.08 Å². The molecule has 178 valence electrons. The number of fused-ring (bicyclic) bond motifs is 1. The molecule has 2 heterocycles. The lowest BCUT2D eigenvalue weighted by Gasteiger charge is -2.39. The number of hydrogen-bond donors (Lipinski definition) is 1. The number of carbonyl (C=O) groups excluding carboxylic acids is 2. The Morgan fingerprint density at radius 1 is 1.06 bits per heavy atom. The maximum atomic E-state index is 13.5. The first-order chi connectivity index (χ1) is 16.6. The normalized spacial score (nSPS) is 21.1. The third-order valence-corrected chi connectivity index (χ3v) is 8.53. The van der Waals surface area contributed by atoms with Crippen molar-refractivity contribution < 1.29 is 14.5 Å². The van der Waals surface area contributed by atoms with Crippen molar-refractivity contribution >= 4 is 46.9 Å². The first-order valence-corrected chi connectivity index (χ1v) is 13.5. The van der Waals surface area contributed by atoms with Crippen molar-refractivity contribution in [2.75, 3.05) is 37.6 Å². The number of quaternary nitrogens is 1. The minimum Gasteiger partial charge on any atom is -0.330 e. The number of nitrogens with one attached hydrogen (secondary N) is 1. The summed E-state index contributed by atoms with van der Waals surface area (Å²) in [6, 6.07) is 16.0. The first-order valence-electron chi connectivity index (χ1n) is 12.3. The monoisotopic (exact) mass is 496 g/mol. The van der Waals surface area contributed by atoms with Gasteiger partial charge in [-0.3, -0.25) is 14.5 Å². The number of halogens is 1. The van der Waals surface area contributed by atoms with Crippen molar-refractivity contribution in [2.24, 2.45) is 0 Å². The summed E-state index contributed by atoms with van der Waals surface area (Å²) < 4.78 is 0. The van der Waals surface area contributed by atoms with Crippen LogP contribution >= 0.6 is 23.4 Å². The summed E-state index contributed by atoms with van der Waals surface area (Å²) in [5.41, 5.74) is 1.68. The predicted octanol–water partition coefficient (Wildman–Crippen LogP) is 3.88. The van der Waals surface area contributed by atoms with Crippen LogP contribution in [0.4, 0.5) is 5.69 Å². The van der Waals surface area contributed by atoms with Gasteiger partial charge in [0.25, 0.3) is 5.91 Å². The lowest BCUT2D eigenvalue weighted by Crippen LogP contribution is -3.18. The second kappa shape index (κ2) is 10.5. The lowest BCUT2D eigenvalue weighted by atomic mass is 9.94. The largest absolute Gasteiger partial charge is 0.330 e. The molecule has 2 amide bonds. The molecule has 1 saturated carbocycles. The average molecular weight is 497 g/mol. The molecule has 2 fully saturated rings. The van der Waals surface area contributed by atoms with Crippen LogP contribution in [0.1, 0.15) is 37.7 Å². The van der Waals surface area contributed by atoms with Crippen molar-refractivity contribution in [3.63, 3.8) is 0 Å². The summed E-state index contributed by atoms with van der Waals surface area (Å²) in [4.78, 5) is 33.6. The van der Waals surface area contributed by atoms with Gasteiger partial charge in [0.2, 0.25) is 5.91 Å². The Morgan fingerprint density at radius 2 is 1.82 bits per heavy atom. The Kier molecular flexibility index (Phi) is 7.28. The third-order valence-electron chi connectivity index (χ3n) is 7.21. The molecule has 0 spiro atoms. The fourth-order valence-corrected chi connectivity index (χ4v) is 6.62. The van der Waals surface area contributed by atoms with E-state index in [0.717, 1.165) is 48.4 Å². The number of rotatable bonds is 4. The molecule has 0 aromatic heterocycles. The van der Waals surface area contributed by atoms with Crippen molar-refractivity contribution in [3.05, 3.63) is 64.0 Å². The molecule has 5 rings (SSSR count). The smallest absolute Gasteiger partial charge is 0.265 e. The van der Waals surface area contributed by atoms with Crippen molar-refractivity contribution in [1.29, 1.82) is 0 Å². The van der Waals surface area contributed by atoms with Crippen LogP contribution in [0, 0.1) is 0 Å². The number of piperazine rings is 1. The molecular formula is C27H31ClN3O2S+. The van der Waals surface area contributed by atoms with E-state index in [4.69, 9.17) is 11.6 Å². The number of nitrogens with zero attached hydrogens (tertiary/aromatic N) is 2. The van der Waals surface area contributed by atoms with Crippen molar-refractivity contribution in [1.82, 2.24) is 4.90 Å². The summed E-state index contributed by atoms with van der Waals surface area (Å²) in [6.45, 7) is 3.64. The molecule has 2 aromatic rings. The average Bonchev–Trinajstić information content (AvgIpc) is 2.87. The Morgan fingerprint density at radius 3 is 2.59 bits per heavy atom. The SMILES string of the molecule is O=C(CN1C(=O)C(=Cc2cccc(Cl)c2)Sc2ccccc21)N1CC[NH+](C2CCCCC2)CC1. The van der Waals surface area contributed by atoms with E-state index in [9.17, 15) is 9.59 Å². The summed E-state index contributed by atoms with van der Waals surface area (Å²) in [6.07, 6.45) is 8.56. The van der Waals surface area contributed by atoms with E-state index in [1.165, 1.54) is 43.9 Å². The molecule has 1 saturated heterocycles. The number of carbonyl (C=O) groups is 2. The number of thioether (sulfide) groups is 1. The second-order valence-corrected chi connectivity index (χ2v) is 10.9. The Hall–Kier alpha value is -2.28. The Labute approximate surface area is 210 Å². The molecule has 7 heteroatoms. The van der Waals surface area contributed by atoms with Gasteiger partial charge in [-0.2, -0.15) is 0 Å². The molecule has 34 heavy (non-hydrogen) atoms. The van der Waals surface area contributed by atoms with Gasteiger partial charge < -0.3 is 9.80 Å². The van der Waals surface area contributed by atoms with Gasteiger partial charge in [-0.05, 0) is 61.6 Å². The summed E-state index contributed by atoms with van der Waals surface area (Å²) in [5.74, 6) is -0.108. The molecule has 2 aromatic carbocycles. The number of anilines is 1. The van der Waals surface area contributed by atoms with Gasteiger partial charge in [0.15, 0.2) is 0 Å². The van der Waals surface area contributed by atoms with Gasteiger partial charge in [-0.25, -0.2) is 0 Å². The van der Waals surface area contributed by atoms with Gasteiger partial charge in [0.05, 0.1) is 42.8 Å². The van der Waals surface area contributed by atoms with E-state index >= 15 is 0 Å². The molecule has 1 aliphatic carbocycles. The van der Waals surface area contributed by atoms with E-state index < -0.39 is 0 Å². The van der Waals surface area contributed by atoms with Crippen LogP contribution in [-0.2, 0) is 9.59 Å². The van der Waals surface area contributed by atoms with Crippen LogP contribution in [0.15, 0.2) is 58.3 Å². The number of hydrogen-bond acceptors (Lipinski definition) is 3. The molecule has 1 N–H and O–H groups in total. The van der Waals surface area contributed by atoms with Crippen molar-refractivity contribution in [3.8, 4) is 0 Å². The molecule has 0 atom stereocenters. The number of benzene rings is 2. The van der Waals surface area contributed by atoms with Crippen LogP contribution in [0.3, 0.4) is 0 Å². The van der Waals surface area contributed by atoms with Crippen LogP contribution in [0.2, 0.25) is 5.02 Å². The second-order valence-electron chi connectivity index (χ2n) is 9.40. The van der Waals surface area contributed by atoms with E-state index in [0.29, 0.717) is 9.93 Å². The fraction of sp³-hybridized carbons (Fsp3) is 0.407. The summed E-state index contributed by atoms with van der Waals surface area (Å²) >= 11 is 7.59. The van der Waals surface area contributed by atoms with Crippen molar-refractivity contribution in [2.45, 2.75) is 43.0 Å². The van der Waals surface area contributed by atoms with Gasteiger partial charge in [-0.1, -0.05) is 54.0 Å². The molecule has 0 radical (unpaired) electrons. The predicted molar refractivity (Wildman–Crippen MR) is 138 cm³/mol. The van der Waals surface area contributed by atoms with E-state index in [1.54, 1.807) is 9.80 Å². The minimum absolute atomic E-state index is 0.0276. The summed E-state index contributed by atoms with van der Waals surface area (Å²) in [7, 11) is 0. The van der Waals surface area contributed by atoms with E-state index in [1.807, 2.05) is 59.5 Å². The maximum Gasteiger partial charge on any atom is 0.265 e. The Balaban J connectivity index is 1.30. The molecule has 0 bridgehead atoms. The first kappa shape index (κ1) is 23.5. The zero-order valence-electron chi connectivity index (χ0n) is 19.3. The van der Waals surface area contributed by atoms with Gasteiger partial charge in [0.1, 0.15) is 6.54 Å². The highest BCUT2D eigenvalue weighted by molar-refractivity contribution is 8.04. The third kappa shape index (κ3) is 5.19. The molecule has 3 aliphatic rings. The van der Waals surface area contributed by atoms with E-state index in [2.05, 4.69) is 0 Å². The minimum atomic E-state index is -0.136. The van der Waals surface area contributed by atoms with Gasteiger partial charge in [-0.15, -0.1) is 0 Å².